The fourth-order valence-electron chi connectivity index (χ4n) is 4.31. The SMILES string of the molecule is CN=C(NCc1ccc(COC2CCOCC2)cc1)N1CCOC(C2CCCO2)C1.I. The number of halogens is 1. The fraction of sp³-hybridized carbons (Fsp3) is 0.696. The van der Waals surface area contributed by atoms with E-state index in [1.807, 2.05) is 7.05 Å². The van der Waals surface area contributed by atoms with Gasteiger partial charge in [0.2, 0.25) is 0 Å². The minimum absolute atomic E-state index is 0. The van der Waals surface area contributed by atoms with E-state index < -0.39 is 0 Å². The van der Waals surface area contributed by atoms with Gasteiger partial charge in [-0.2, -0.15) is 0 Å². The molecule has 31 heavy (non-hydrogen) atoms. The second-order valence-corrected chi connectivity index (χ2v) is 8.25. The molecule has 0 radical (unpaired) electrons. The van der Waals surface area contributed by atoms with Gasteiger partial charge >= 0.3 is 0 Å². The first-order valence-electron chi connectivity index (χ1n) is 11.3. The summed E-state index contributed by atoms with van der Waals surface area (Å²) < 4.78 is 23.2. The van der Waals surface area contributed by atoms with E-state index in [-0.39, 0.29) is 36.2 Å². The summed E-state index contributed by atoms with van der Waals surface area (Å²) in [6, 6.07) is 8.64. The number of nitrogens with one attached hydrogen (secondary N) is 1. The summed E-state index contributed by atoms with van der Waals surface area (Å²) in [4.78, 5) is 6.78. The van der Waals surface area contributed by atoms with Crippen molar-refractivity contribution in [2.45, 2.75) is 57.1 Å². The van der Waals surface area contributed by atoms with Crippen LogP contribution in [0.4, 0.5) is 0 Å². The van der Waals surface area contributed by atoms with E-state index in [1.54, 1.807) is 0 Å². The average molecular weight is 545 g/mol. The lowest BCUT2D eigenvalue weighted by molar-refractivity contribution is -0.0817. The molecule has 0 amide bonds. The zero-order valence-corrected chi connectivity index (χ0v) is 20.8. The van der Waals surface area contributed by atoms with Gasteiger partial charge in [-0.05, 0) is 36.8 Å². The van der Waals surface area contributed by atoms with Gasteiger partial charge in [-0.15, -0.1) is 24.0 Å². The Labute approximate surface area is 202 Å². The topological polar surface area (TPSA) is 64.6 Å². The summed E-state index contributed by atoms with van der Waals surface area (Å²) in [7, 11) is 1.84. The Morgan fingerprint density at radius 2 is 1.77 bits per heavy atom. The Bertz CT molecular complexity index is 676. The summed E-state index contributed by atoms with van der Waals surface area (Å²) in [5.41, 5.74) is 2.44. The van der Waals surface area contributed by atoms with Crippen LogP contribution in [0.3, 0.4) is 0 Å². The van der Waals surface area contributed by atoms with Gasteiger partial charge in [0.25, 0.3) is 0 Å². The lowest BCUT2D eigenvalue weighted by Crippen LogP contribution is -2.53. The summed E-state index contributed by atoms with van der Waals surface area (Å²) in [5.74, 6) is 0.924. The van der Waals surface area contributed by atoms with E-state index in [4.69, 9.17) is 18.9 Å². The molecule has 3 heterocycles. The Balaban J connectivity index is 0.00000272. The molecule has 174 valence electrons. The molecule has 7 nitrogen and oxygen atoms in total. The number of nitrogens with zero attached hydrogens (tertiary/aromatic N) is 2. The monoisotopic (exact) mass is 545 g/mol. The van der Waals surface area contributed by atoms with Crippen LogP contribution >= 0.6 is 24.0 Å². The molecule has 8 heteroatoms. The quantitative estimate of drug-likeness (QED) is 0.337. The van der Waals surface area contributed by atoms with Crippen LogP contribution in [0.1, 0.15) is 36.8 Å². The molecule has 4 rings (SSSR count). The van der Waals surface area contributed by atoms with Crippen LogP contribution in [-0.4, -0.2) is 75.7 Å². The maximum atomic E-state index is 6.01. The number of benzene rings is 1. The summed E-state index contributed by atoms with van der Waals surface area (Å²) >= 11 is 0. The molecule has 3 saturated heterocycles. The van der Waals surface area contributed by atoms with Gasteiger partial charge in [-0.3, -0.25) is 4.99 Å². The molecule has 2 atom stereocenters. The third kappa shape index (κ3) is 7.28. The highest BCUT2D eigenvalue weighted by Gasteiger charge is 2.32. The van der Waals surface area contributed by atoms with Crippen LogP contribution in [0.25, 0.3) is 0 Å². The van der Waals surface area contributed by atoms with Gasteiger partial charge in [0.05, 0.1) is 25.4 Å². The van der Waals surface area contributed by atoms with Gasteiger partial charge in [-0.1, -0.05) is 24.3 Å². The lowest BCUT2D eigenvalue weighted by Gasteiger charge is -2.37. The number of rotatable bonds is 6. The van der Waals surface area contributed by atoms with E-state index in [0.29, 0.717) is 19.3 Å². The molecule has 1 N–H and O–H groups in total. The van der Waals surface area contributed by atoms with Crippen LogP contribution in [0.15, 0.2) is 29.3 Å². The molecule has 0 aromatic heterocycles. The van der Waals surface area contributed by atoms with E-state index in [9.17, 15) is 0 Å². The molecule has 3 fully saturated rings. The zero-order chi connectivity index (χ0) is 20.6. The molecule has 2 unspecified atom stereocenters. The third-order valence-electron chi connectivity index (χ3n) is 6.11. The molecule has 0 aliphatic carbocycles. The van der Waals surface area contributed by atoms with Crippen molar-refractivity contribution in [2.75, 3.05) is 46.6 Å². The van der Waals surface area contributed by atoms with E-state index in [1.165, 1.54) is 11.1 Å². The van der Waals surface area contributed by atoms with Gasteiger partial charge < -0.3 is 29.2 Å². The second-order valence-electron chi connectivity index (χ2n) is 8.25. The minimum Gasteiger partial charge on any atom is -0.381 e. The molecule has 1 aromatic carbocycles. The van der Waals surface area contributed by atoms with Crippen LogP contribution in [-0.2, 0) is 32.1 Å². The third-order valence-corrected chi connectivity index (χ3v) is 6.11. The molecule has 0 spiro atoms. The maximum Gasteiger partial charge on any atom is 0.194 e. The number of hydrogen-bond donors (Lipinski definition) is 1. The molecular weight excluding hydrogens is 509 g/mol. The summed E-state index contributed by atoms with van der Waals surface area (Å²) in [5, 5.41) is 3.50. The maximum absolute atomic E-state index is 6.01. The summed E-state index contributed by atoms with van der Waals surface area (Å²) in [6.45, 7) is 6.29. The highest BCUT2D eigenvalue weighted by Crippen LogP contribution is 2.21. The normalized spacial score (nSPS) is 25.3. The first-order valence-corrected chi connectivity index (χ1v) is 11.3. The van der Waals surface area contributed by atoms with Crippen molar-refractivity contribution in [3.05, 3.63) is 35.4 Å². The number of ether oxygens (including phenoxy) is 4. The minimum atomic E-state index is 0. The standard InChI is InChI=1S/C23H35N3O4.HI/c1-24-23(26-10-14-29-22(16-26)21-3-2-11-28-21)25-15-18-4-6-19(7-5-18)17-30-20-8-12-27-13-9-20;/h4-7,20-22H,2-3,8-17H2,1H3,(H,24,25);1H. The Hall–Kier alpha value is -0.940. The Morgan fingerprint density at radius 3 is 2.48 bits per heavy atom. The smallest absolute Gasteiger partial charge is 0.194 e. The largest absolute Gasteiger partial charge is 0.381 e. The molecule has 3 aliphatic rings. The predicted molar refractivity (Wildman–Crippen MR) is 131 cm³/mol. The highest BCUT2D eigenvalue weighted by molar-refractivity contribution is 14.0. The fourth-order valence-corrected chi connectivity index (χ4v) is 4.31. The van der Waals surface area contributed by atoms with E-state index >= 15 is 0 Å². The van der Waals surface area contributed by atoms with E-state index in [0.717, 1.165) is 71.1 Å². The molecule has 0 bridgehead atoms. The van der Waals surface area contributed by atoms with E-state index in [2.05, 4.69) is 39.5 Å². The van der Waals surface area contributed by atoms with Crippen molar-refractivity contribution < 1.29 is 18.9 Å². The lowest BCUT2D eigenvalue weighted by atomic mass is 10.1. The van der Waals surface area contributed by atoms with Crippen molar-refractivity contribution in [1.82, 2.24) is 10.2 Å². The number of morpholine rings is 1. The second kappa shape index (κ2) is 12.9. The Kier molecular flexibility index (Phi) is 10.3. The first-order chi connectivity index (χ1) is 14.8. The van der Waals surface area contributed by atoms with Gasteiger partial charge in [0.15, 0.2) is 5.96 Å². The molecule has 1 aromatic rings. The highest BCUT2D eigenvalue weighted by atomic mass is 127. The predicted octanol–water partition coefficient (Wildman–Crippen LogP) is 2.96. The van der Waals surface area contributed by atoms with Gasteiger partial charge in [0.1, 0.15) is 6.10 Å². The zero-order valence-electron chi connectivity index (χ0n) is 18.5. The van der Waals surface area contributed by atoms with Crippen molar-refractivity contribution in [1.29, 1.82) is 0 Å². The van der Waals surface area contributed by atoms with Crippen molar-refractivity contribution in [3.8, 4) is 0 Å². The van der Waals surface area contributed by atoms with Crippen molar-refractivity contribution in [2.24, 2.45) is 4.99 Å². The van der Waals surface area contributed by atoms with Gasteiger partial charge in [0, 0.05) is 46.5 Å². The Morgan fingerprint density at radius 1 is 1.03 bits per heavy atom. The van der Waals surface area contributed by atoms with Crippen molar-refractivity contribution >= 4 is 29.9 Å². The van der Waals surface area contributed by atoms with Crippen molar-refractivity contribution in [3.63, 3.8) is 0 Å². The van der Waals surface area contributed by atoms with Crippen LogP contribution < -0.4 is 5.32 Å². The van der Waals surface area contributed by atoms with Crippen LogP contribution in [0.5, 0.6) is 0 Å². The van der Waals surface area contributed by atoms with Crippen LogP contribution in [0.2, 0.25) is 0 Å². The first kappa shape index (κ1) is 24.7. The summed E-state index contributed by atoms with van der Waals surface area (Å²) in [6.07, 6.45) is 4.90. The van der Waals surface area contributed by atoms with Gasteiger partial charge in [-0.25, -0.2) is 0 Å². The molecular formula is C23H36IN3O4. The molecule has 0 saturated carbocycles. The number of guanidine groups is 1. The molecule has 3 aliphatic heterocycles. The number of aliphatic imine (C=N–C) groups is 1. The average Bonchev–Trinajstić information content (AvgIpc) is 3.35. The number of hydrogen-bond acceptors (Lipinski definition) is 5. The van der Waals surface area contributed by atoms with Crippen LogP contribution in [0, 0.1) is 0 Å².